The van der Waals surface area contributed by atoms with Crippen LogP contribution >= 0.6 is 0 Å². The summed E-state index contributed by atoms with van der Waals surface area (Å²) in [5.41, 5.74) is 4.15. The molecule has 0 radical (unpaired) electrons. The molecule has 0 spiro atoms. The van der Waals surface area contributed by atoms with E-state index in [0.29, 0.717) is 32.4 Å². The number of hydrogen-bond donors (Lipinski definition) is 1. The fourth-order valence-electron chi connectivity index (χ4n) is 4.61. The summed E-state index contributed by atoms with van der Waals surface area (Å²) in [5, 5.41) is 3.03. The number of aromatic nitrogens is 2. The lowest BCUT2D eigenvalue weighted by atomic mass is 10.1. The van der Waals surface area contributed by atoms with Crippen LogP contribution in [-0.4, -0.2) is 45.9 Å². The predicted molar refractivity (Wildman–Crippen MR) is 131 cm³/mol. The van der Waals surface area contributed by atoms with Crippen molar-refractivity contribution in [3.63, 3.8) is 0 Å². The standard InChI is InChI=1S/C27H34N4O2/c1-21-10-4-5-11-22(21)20-26(32)28-16-14-25-29-23-12-6-7-13-24(23)31(25)19-15-27(33)30-17-8-2-3-9-18-30/h4-7,10-13H,2-3,8-9,14-20H2,1H3,(H,28,32). The highest BCUT2D eigenvalue weighted by Crippen LogP contribution is 2.18. The van der Waals surface area contributed by atoms with Crippen molar-refractivity contribution in [1.82, 2.24) is 19.8 Å². The van der Waals surface area contributed by atoms with Gasteiger partial charge in [0.05, 0.1) is 17.5 Å². The summed E-state index contributed by atoms with van der Waals surface area (Å²) in [5.74, 6) is 1.16. The molecule has 1 aromatic heterocycles. The average Bonchev–Trinajstić information content (AvgIpc) is 2.97. The highest BCUT2D eigenvalue weighted by Gasteiger charge is 2.17. The van der Waals surface area contributed by atoms with Gasteiger partial charge in [0, 0.05) is 39.0 Å². The number of rotatable bonds is 8. The van der Waals surface area contributed by atoms with Crippen molar-refractivity contribution in [1.29, 1.82) is 0 Å². The smallest absolute Gasteiger partial charge is 0.224 e. The Morgan fingerprint density at radius 2 is 1.70 bits per heavy atom. The van der Waals surface area contributed by atoms with Gasteiger partial charge in [-0.05, 0) is 43.0 Å². The van der Waals surface area contributed by atoms with Crippen molar-refractivity contribution in [2.24, 2.45) is 0 Å². The van der Waals surface area contributed by atoms with Crippen molar-refractivity contribution in [3.8, 4) is 0 Å². The molecule has 2 heterocycles. The molecule has 1 aliphatic rings. The molecule has 2 aromatic carbocycles. The number of nitrogens with one attached hydrogen (secondary N) is 1. The second kappa shape index (κ2) is 11.1. The quantitative estimate of drug-likeness (QED) is 0.568. The van der Waals surface area contributed by atoms with Gasteiger partial charge in [-0.1, -0.05) is 49.2 Å². The van der Waals surface area contributed by atoms with Crippen LogP contribution in [0.1, 0.15) is 49.1 Å². The first kappa shape index (κ1) is 23.0. The molecule has 174 valence electrons. The molecule has 1 N–H and O–H groups in total. The molecule has 33 heavy (non-hydrogen) atoms. The van der Waals surface area contributed by atoms with E-state index in [-0.39, 0.29) is 11.8 Å². The average molecular weight is 447 g/mol. The molecule has 4 rings (SSSR count). The molecule has 1 fully saturated rings. The summed E-state index contributed by atoms with van der Waals surface area (Å²) in [4.78, 5) is 32.1. The Morgan fingerprint density at radius 1 is 0.970 bits per heavy atom. The second-order valence-electron chi connectivity index (χ2n) is 8.92. The first-order chi connectivity index (χ1) is 16.1. The number of fused-ring (bicyclic) bond motifs is 1. The molecule has 0 unspecified atom stereocenters. The molecule has 1 saturated heterocycles. The minimum absolute atomic E-state index is 0.0169. The van der Waals surface area contributed by atoms with E-state index in [0.717, 1.165) is 53.9 Å². The lowest BCUT2D eigenvalue weighted by Gasteiger charge is -2.20. The second-order valence-corrected chi connectivity index (χ2v) is 8.92. The van der Waals surface area contributed by atoms with E-state index in [4.69, 9.17) is 4.98 Å². The van der Waals surface area contributed by atoms with Gasteiger partial charge in [0.2, 0.25) is 11.8 Å². The molecule has 0 bridgehead atoms. The van der Waals surface area contributed by atoms with Crippen molar-refractivity contribution >= 4 is 22.8 Å². The number of carbonyl (C=O) groups is 2. The van der Waals surface area contributed by atoms with Crippen LogP contribution in [0.3, 0.4) is 0 Å². The number of benzene rings is 2. The van der Waals surface area contributed by atoms with Gasteiger partial charge in [-0.3, -0.25) is 9.59 Å². The van der Waals surface area contributed by atoms with E-state index >= 15 is 0 Å². The molecular weight excluding hydrogens is 412 g/mol. The molecule has 6 heteroatoms. The SMILES string of the molecule is Cc1ccccc1CC(=O)NCCc1nc2ccccc2n1CCC(=O)N1CCCCCC1. The first-order valence-electron chi connectivity index (χ1n) is 12.1. The molecule has 1 aliphatic heterocycles. The summed E-state index contributed by atoms with van der Waals surface area (Å²) < 4.78 is 2.15. The lowest BCUT2D eigenvalue weighted by Crippen LogP contribution is -2.32. The normalized spacial score (nSPS) is 14.3. The maximum absolute atomic E-state index is 12.8. The van der Waals surface area contributed by atoms with Gasteiger partial charge in [-0.15, -0.1) is 0 Å². The summed E-state index contributed by atoms with van der Waals surface area (Å²) in [6.07, 6.45) is 6.14. The van der Waals surface area contributed by atoms with Crippen LogP contribution in [0, 0.1) is 6.92 Å². The molecule has 3 aromatic rings. The van der Waals surface area contributed by atoms with Crippen LogP contribution < -0.4 is 5.32 Å². The molecule has 0 saturated carbocycles. The van der Waals surface area contributed by atoms with Crippen LogP contribution in [0.5, 0.6) is 0 Å². The highest BCUT2D eigenvalue weighted by molar-refractivity contribution is 5.79. The van der Waals surface area contributed by atoms with Crippen LogP contribution in [0.15, 0.2) is 48.5 Å². The molecule has 0 atom stereocenters. The zero-order valence-electron chi connectivity index (χ0n) is 19.6. The maximum Gasteiger partial charge on any atom is 0.224 e. The number of likely N-dealkylation sites (tertiary alicyclic amines) is 1. The summed E-state index contributed by atoms with van der Waals surface area (Å²) in [6.45, 7) is 4.92. The highest BCUT2D eigenvalue weighted by atomic mass is 16.2. The van der Waals surface area contributed by atoms with Crippen molar-refractivity contribution < 1.29 is 9.59 Å². The van der Waals surface area contributed by atoms with Crippen molar-refractivity contribution in [2.45, 2.75) is 58.4 Å². The predicted octanol–water partition coefficient (Wildman–Crippen LogP) is 4.04. The van der Waals surface area contributed by atoms with Gasteiger partial charge < -0.3 is 14.8 Å². The van der Waals surface area contributed by atoms with Gasteiger partial charge >= 0.3 is 0 Å². The number of para-hydroxylation sites is 2. The van der Waals surface area contributed by atoms with E-state index < -0.39 is 0 Å². The van der Waals surface area contributed by atoms with E-state index in [1.54, 1.807) is 0 Å². The summed E-state index contributed by atoms with van der Waals surface area (Å²) in [7, 11) is 0. The Kier molecular flexibility index (Phi) is 7.76. The Hall–Kier alpha value is -3.15. The topological polar surface area (TPSA) is 67.2 Å². The number of nitrogens with zero attached hydrogens (tertiary/aromatic N) is 3. The van der Waals surface area contributed by atoms with E-state index in [1.165, 1.54) is 12.8 Å². The fraction of sp³-hybridized carbons (Fsp3) is 0.444. The van der Waals surface area contributed by atoms with Crippen LogP contribution in [0.2, 0.25) is 0 Å². The van der Waals surface area contributed by atoms with Gasteiger partial charge in [0.25, 0.3) is 0 Å². The minimum atomic E-state index is 0.0169. The number of aryl methyl sites for hydroxylation is 2. The maximum atomic E-state index is 12.8. The van der Waals surface area contributed by atoms with E-state index in [9.17, 15) is 9.59 Å². The lowest BCUT2D eigenvalue weighted by molar-refractivity contribution is -0.131. The summed E-state index contributed by atoms with van der Waals surface area (Å²) >= 11 is 0. The zero-order chi connectivity index (χ0) is 23.0. The van der Waals surface area contributed by atoms with Crippen molar-refractivity contribution in [3.05, 3.63) is 65.5 Å². The van der Waals surface area contributed by atoms with Gasteiger partial charge in [-0.25, -0.2) is 4.98 Å². The Labute approximate surface area is 196 Å². The van der Waals surface area contributed by atoms with Gasteiger partial charge in [0.1, 0.15) is 5.82 Å². The third kappa shape index (κ3) is 6.01. The number of carbonyl (C=O) groups excluding carboxylic acids is 2. The molecular formula is C27H34N4O2. The fourth-order valence-corrected chi connectivity index (χ4v) is 4.61. The number of imidazole rings is 1. The van der Waals surface area contributed by atoms with E-state index in [1.807, 2.05) is 54.3 Å². The van der Waals surface area contributed by atoms with Crippen molar-refractivity contribution in [2.75, 3.05) is 19.6 Å². The molecule has 2 amide bonds. The molecule has 0 aliphatic carbocycles. The van der Waals surface area contributed by atoms with Crippen LogP contribution in [0.25, 0.3) is 11.0 Å². The molecule has 6 nitrogen and oxygen atoms in total. The Bertz CT molecular complexity index is 1100. The Morgan fingerprint density at radius 3 is 2.48 bits per heavy atom. The number of hydrogen-bond acceptors (Lipinski definition) is 3. The third-order valence-electron chi connectivity index (χ3n) is 6.52. The summed E-state index contributed by atoms with van der Waals surface area (Å²) in [6, 6.07) is 16.0. The first-order valence-corrected chi connectivity index (χ1v) is 12.1. The Balaban J connectivity index is 1.38. The largest absolute Gasteiger partial charge is 0.355 e. The van der Waals surface area contributed by atoms with Crippen LogP contribution in [0.4, 0.5) is 0 Å². The van der Waals surface area contributed by atoms with E-state index in [2.05, 4.69) is 16.0 Å². The minimum Gasteiger partial charge on any atom is -0.355 e. The number of amides is 2. The third-order valence-corrected chi connectivity index (χ3v) is 6.52. The van der Waals surface area contributed by atoms with Gasteiger partial charge in [-0.2, -0.15) is 0 Å². The monoisotopic (exact) mass is 446 g/mol. The van der Waals surface area contributed by atoms with Gasteiger partial charge in [0.15, 0.2) is 0 Å². The zero-order valence-corrected chi connectivity index (χ0v) is 19.6. The van der Waals surface area contributed by atoms with Crippen LogP contribution in [-0.2, 0) is 29.0 Å².